The maximum atomic E-state index is 14.9. The number of rotatable bonds is 5. The maximum absolute atomic E-state index is 14.9. The molecule has 1 N–H and O–H groups in total. The number of ether oxygens (including phenoxy) is 1. The van der Waals surface area contributed by atoms with Crippen LogP contribution in [0.1, 0.15) is 85.6 Å². The van der Waals surface area contributed by atoms with Gasteiger partial charge in [-0.15, -0.1) is 0 Å². The number of hydrogen-bond donors (Lipinski definition) is 1. The zero-order chi connectivity index (χ0) is 31.0. The van der Waals surface area contributed by atoms with Crippen molar-refractivity contribution in [3.8, 4) is 0 Å². The van der Waals surface area contributed by atoms with E-state index in [0.717, 1.165) is 31.7 Å². The van der Waals surface area contributed by atoms with E-state index in [2.05, 4.69) is 31.0 Å². The molecular weight excluding hydrogens is 542 g/mol. The minimum Gasteiger partial charge on any atom is -0.444 e. The molecule has 0 spiro atoms. The highest BCUT2D eigenvalue weighted by Gasteiger charge is 2.46. The van der Waals surface area contributed by atoms with E-state index >= 15 is 0 Å². The first-order valence-corrected chi connectivity index (χ1v) is 15.3. The molecule has 10 heteroatoms. The van der Waals surface area contributed by atoms with Crippen molar-refractivity contribution in [1.82, 2.24) is 20.0 Å². The summed E-state index contributed by atoms with van der Waals surface area (Å²) in [5.41, 5.74) is -0.544. The molecule has 4 atom stereocenters. The second-order valence-corrected chi connectivity index (χ2v) is 14.3. The van der Waals surface area contributed by atoms with Gasteiger partial charge in [-0.3, -0.25) is 14.5 Å². The summed E-state index contributed by atoms with van der Waals surface area (Å²) < 4.78 is 34.1. The molecule has 0 radical (unpaired) electrons. The van der Waals surface area contributed by atoms with Gasteiger partial charge in [0.05, 0.1) is 5.92 Å². The van der Waals surface area contributed by atoms with E-state index in [-0.39, 0.29) is 29.3 Å². The third-order valence-electron chi connectivity index (χ3n) is 8.98. The first-order chi connectivity index (χ1) is 19.5. The molecule has 2 saturated heterocycles. The summed E-state index contributed by atoms with van der Waals surface area (Å²) in [6.07, 6.45) is 3.18. The number of likely N-dealkylation sites (tertiary alicyclic amines) is 1. The topological polar surface area (TPSA) is 82.2 Å². The van der Waals surface area contributed by atoms with Crippen molar-refractivity contribution in [3.05, 3.63) is 35.4 Å². The number of amides is 3. The number of piperazine rings is 1. The fraction of sp³-hybridized carbons (Fsp3) is 0.719. The van der Waals surface area contributed by atoms with Gasteiger partial charge >= 0.3 is 6.09 Å². The fourth-order valence-electron chi connectivity index (χ4n) is 6.72. The predicted octanol–water partition coefficient (Wildman–Crippen LogP) is 4.92. The number of carbonyl (C=O) groups excluding carboxylic acids is 3. The maximum Gasteiger partial charge on any atom is 0.408 e. The van der Waals surface area contributed by atoms with E-state index in [9.17, 15) is 23.2 Å². The van der Waals surface area contributed by atoms with E-state index < -0.39 is 41.2 Å². The third kappa shape index (κ3) is 7.41. The van der Waals surface area contributed by atoms with Crippen molar-refractivity contribution in [1.29, 1.82) is 0 Å². The van der Waals surface area contributed by atoms with E-state index in [0.29, 0.717) is 38.3 Å². The van der Waals surface area contributed by atoms with Crippen molar-refractivity contribution < 1.29 is 27.9 Å². The molecule has 0 aromatic heterocycles. The smallest absolute Gasteiger partial charge is 0.408 e. The monoisotopic (exact) mass is 590 g/mol. The highest BCUT2D eigenvalue weighted by Crippen LogP contribution is 2.39. The van der Waals surface area contributed by atoms with E-state index in [4.69, 9.17) is 4.74 Å². The molecular formula is C32H48F2N4O4. The molecule has 0 bridgehead atoms. The van der Waals surface area contributed by atoms with Gasteiger partial charge in [-0.1, -0.05) is 18.9 Å². The molecule has 4 rings (SSSR count). The Kier molecular flexibility index (Phi) is 9.55. The summed E-state index contributed by atoms with van der Waals surface area (Å²) in [4.78, 5) is 46.2. The minimum absolute atomic E-state index is 0.0493. The molecule has 1 aromatic carbocycles. The second-order valence-electron chi connectivity index (χ2n) is 14.3. The lowest BCUT2D eigenvalue weighted by molar-refractivity contribution is -0.146. The molecule has 2 heterocycles. The highest BCUT2D eigenvalue weighted by atomic mass is 19.1. The summed E-state index contributed by atoms with van der Waals surface area (Å²) in [5.74, 6) is -2.34. The van der Waals surface area contributed by atoms with Gasteiger partial charge in [0.2, 0.25) is 11.8 Å². The van der Waals surface area contributed by atoms with Gasteiger partial charge in [-0.2, -0.15) is 0 Å². The molecule has 3 aliphatic rings. The molecule has 3 amide bonds. The Morgan fingerprint density at radius 1 is 0.976 bits per heavy atom. The lowest BCUT2D eigenvalue weighted by Gasteiger charge is -2.43. The number of nitrogens with zero attached hydrogens (tertiary/aromatic N) is 3. The summed E-state index contributed by atoms with van der Waals surface area (Å²) in [7, 11) is 0. The van der Waals surface area contributed by atoms with E-state index in [1.165, 1.54) is 12.1 Å². The fourth-order valence-corrected chi connectivity index (χ4v) is 6.72. The van der Waals surface area contributed by atoms with Crippen LogP contribution in [-0.2, 0) is 14.3 Å². The Bertz CT molecular complexity index is 1160. The van der Waals surface area contributed by atoms with Crippen LogP contribution in [0.5, 0.6) is 0 Å². The molecule has 1 saturated carbocycles. The SMILES string of the molecule is C[C@H]1CN(C(=O)[C@@H](NC(=O)OC(C)(C)C)C2CCCC2)CCN1C(=O)[C@@H]1CN(C(C)(C)C)C[C@H]1c1ccc(F)cc1F. The van der Waals surface area contributed by atoms with Crippen LogP contribution < -0.4 is 5.32 Å². The normalized spacial score (nSPS) is 25.0. The lowest BCUT2D eigenvalue weighted by atomic mass is 9.87. The lowest BCUT2D eigenvalue weighted by Crippen LogP contribution is -2.61. The molecule has 234 valence electrons. The minimum atomic E-state index is -0.675. The first-order valence-electron chi connectivity index (χ1n) is 15.3. The van der Waals surface area contributed by atoms with Crippen LogP contribution in [0.15, 0.2) is 18.2 Å². The van der Waals surface area contributed by atoms with Crippen LogP contribution >= 0.6 is 0 Å². The Morgan fingerprint density at radius 2 is 1.64 bits per heavy atom. The van der Waals surface area contributed by atoms with Gasteiger partial charge in [0.15, 0.2) is 0 Å². The molecule has 8 nitrogen and oxygen atoms in total. The van der Waals surface area contributed by atoms with Crippen molar-refractivity contribution >= 4 is 17.9 Å². The number of hydrogen-bond acceptors (Lipinski definition) is 5. The Hall–Kier alpha value is -2.75. The van der Waals surface area contributed by atoms with Gasteiger partial charge < -0.3 is 19.9 Å². The van der Waals surface area contributed by atoms with E-state index in [1.54, 1.807) is 30.6 Å². The van der Waals surface area contributed by atoms with Crippen molar-refractivity contribution in [2.45, 2.75) is 103 Å². The highest BCUT2D eigenvalue weighted by molar-refractivity contribution is 5.87. The first kappa shape index (κ1) is 32.2. The molecule has 0 unspecified atom stereocenters. The Labute approximate surface area is 249 Å². The number of benzene rings is 1. The molecule has 42 heavy (non-hydrogen) atoms. The van der Waals surface area contributed by atoms with Gasteiger partial charge in [-0.05, 0) is 78.9 Å². The van der Waals surface area contributed by atoms with Gasteiger partial charge in [0, 0.05) is 56.3 Å². The summed E-state index contributed by atoms with van der Waals surface area (Å²) >= 11 is 0. The van der Waals surface area contributed by atoms with Crippen LogP contribution in [0.25, 0.3) is 0 Å². The Balaban J connectivity index is 1.48. The predicted molar refractivity (Wildman–Crippen MR) is 157 cm³/mol. The largest absolute Gasteiger partial charge is 0.444 e. The molecule has 1 aliphatic carbocycles. The second kappa shape index (κ2) is 12.5. The number of carbonyl (C=O) groups is 3. The number of nitrogens with one attached hydrogen (secondary N) is 1. The van der Waals surface area contributed by atoms with Crippen molar-refractivity contribution in [2.75, 3.05) is 32.7 Å². The quantitative estimate of drug-likeness (QED) is 0.527. The molecule has 1 aromatic rings. The number of halogens is 2. The van der Waals surface area contributed by atoms with Crippen molar-refractivity contribution in [2.24, 2.45) is 11.8 Å². The van der Waals surface area contributed by atoms with Crippen LogP contribution in [0, 0.1) is 23.5 Å². The van der Waals surface area contributed by atoms with E-state index in [1.807, 2.05) is 6.92 Å². The zero-order valence-electron chi connectivity index (χ0n) is 26.2. The summed E-state index contributed by atoms with van der Waals surface area (Å²) in [6, 6.07) is 2.66. The number of alkyl carbamates (subject to hydrolysis) is 1. The van der Waals surface area contributed by atoms with Gasteiger partial charge in [-0.25, -0.2) is 13.6 Å². The molecule has 2 aliphatic heterocycles. The van der Waals surface area contributed by atoms with Crippen molar-refractivity contribution in [3.63, 3.8) is 0 Å². The Morgan fingerprint density at radius 3 is 2.21 bits per heavy atom. The third-order valence-corrected chi connectivity index (χ3v) is 8.98. The standard InChI is InChI=1S/C32H48F2N4O4/c1-20-17-36(29(40)27(21-10-8-9-11-21)35-30(41)42-32(5,6)7)14-15-38(20)28(39)25-19-37(31(2,3)4)18-24(25)23-13-12-22(33)16-26(23)34/h12-13,16,20-21,24-25,27H,8-11,14-15,17-19H2,1-7H3,(H,35,41)/t20-,24-,25+,27-/m0/s1. The van der Waals surface area contributed by atoms with Crippen LogP contribution in [0.2, 0.25) is 0 Å². The average molecular weight is 591 g/mol. The van der Waals surface area contributed by atoms with Gasteiger partial charge in [0.25, 0.3) is 0 Å². The van der Waals surface area contributed by atoms with Crippen LogP contribution in [0.3, 0.4) is 0 Å². The molecule has 3 fully saturated rings. The zero-order valence-corrected chi connectivity index (χ0v) is 26.2. The van der Waals surface area contributed by atoms with Crippen LogP contribution in [-0.4, -0.2) is 88.6 Å². The summed E-state index contributed by atoms with van der Waals surface area (Å²) in [5, 5.41) is 2.86. The average Bonchev–Trinajstić information content (AvgIpc) is 3.56. The van der Waals surface area contributed by atoms with Crippen LogP contribution in [0.4, 0.5) is 13.6 Å². The van der Waals surface area contributed by atoms with Gasteiger partial charge in [0.1, 0.15) is 23.3 Å². The summed E-state index contributed by atoms with van der Waals surface area (Å²) in [6.45, 7) is 15.5.